The van der Waals surface area contributed by atoms with Crippen molar-refractivity contribution in [1.82, 2.24) is 0 Å². The molecule has 39 heavy (non-hydrogen) atoms. The predicted molar refractivity (Wildman–Crippen MR) is 170 cm³/mol. The van der Waals surface area contributed by atoms with Gasteiger partial charge in [0.15, 0.2) is 0 Å². The van der Waals surface area contributed by atoms with Crippen LogP contribution in [0.25, 0.3) is 0 Å². The molecule has 3 nitrogen and oxygen atoms in total. The Balaban J connectivity index is 1.47. The molecule has 0 unspecified atom stereocenters. The maximum Gasteiger partial charge on any atom is 0.230 e. The van der Waals surface area contributed by atoms with E-state index >= 15 is 0 Å². The first-order valence-corrected chi connectivity index (χ1v) is 17.7. The zero-order valence-electron chi connectivity index (χ0n) is 21.4. The summed E-state index contributed by atoms with van der Waals surface area (Å²) < 4.78 is 14.7. The summed E-state index contributed by atoms with van der Waals surface area (Å²) >= 11 is 6.28. The molecule has 5 aromatic rings. The van der Waals surface area contributed by atoms with Gasteiger partial charge in [0, 0.05) is 28.5 Å². The summed E-state index contributed by atoms with van der Waals surface area (Å²) in [5, 5.41) is 6.73. The van der Waals surface area contributed by atoms with Gasteiger partial charge in [-0.15, -0.1) is 0 Å². The Labute approximate surface area is 235 Å². The molecule has 0 heterocycles. The standard InChI is InChI=1S/C33H29NO2P2S/c35-33(26-38(39,30-20-9-3-10-21-30)31-22-11-4-12-23-31)34-32-24-14-13-15-27(32)25-37(36,28-16-5-1-6-17-28)29-18-7-2-8-19-29/h1-24H,25-26H2,(H,34,35). The molecule has 5 rings (SSSR count). The first kappa shape index (κ1) is 27.0. The number of amides is 1. The number of rotatable bonds is 9. The van der Waals surface area contributed by atoms with Crippen LogP contribution in [0.2, 0.25) is 0 Å². The maximum absolute atomic E-state index is 14.7. The van der Waals surface area contributed by atoms with E-state index in [-0.39, 0.29) is 12.1 Å². The molecule has 0 atom stereocenters. The second-order valence-electron chi connectivity index (χ2n) is 9.34. The average molecular weight is 566 g/mol. The van der Waals surface area contributed by atoms with Gasteiger partial charge in [-0.3, -0.25) is 4.79 Å². The molecular weight excluding hydrogens is 536 g/mol. The van der Waals surface area contributed by atoms with Gasteiger partial charge in [0.1, 0.15) is 7.14 Å². The van der Waals surface area contributed by atoms with E-state index in [1.165, 1.54) is 0 Å². The highest BCUT2D eigenvalue weighted by atomic mass is 32.4. The fourth-order valence-electron chi connectivity index (χ4n) is 4.75. The number of hydrogen-bond donors (Lipinski definition) is 1. The number of nitrogens with one attached hydrogen (secondary N) is 1. The largest absolute Gasteiger partial charge is 0.325 e. The number of anilines is 1. The zero-order chi connectivity index (χ0) is 27.1. The monoisotopic (exact) mass is 565 g/mol. The summed E-state index contributed by atoms with van der Waals surface area (Å²) in [6.07, 6.45) is 0.489. The average Bonchev–Trinajstić information content (AvgIpc) is 3.00. The highest BCUT2D eigenvalue weighted by molar-refractivity contribution is 8.22. The van der Waals surface area contributed by atoms with Crippen molar-refractivity contribution >= 4 is 57.8 Å². The van der Waals surface area contributed by atoms with Crippen LogP contribution < -0.4 is 26.5 Å². The minimum atomic E-state index is -3.02. The van der Waals surface area contributed by atoms with Gasteiger partial charge < -0.3 is 9.88 Å². The minimum Gasteiger partial charge on any atom is -0.325 e. The quantitative estimate of drug-likeness (QED) is 0.214. The summed E-state index contributed by atoms with van der Waals surface area (Å²) in [5.41, 5.74) is 1.49. The van der Waals surface area contributed by atoms with Crippen molar-refractivity contribution in [1.29, 1.82) is 0 Å². The van der Waals surface area contributed by atoms with Crippen molar-refractivity contribution < 1.29 is 9.36 Å². The van der Waals surface area contributed by atoms with Gasteiger partial charge in [-0.05, 0) is 22.2 Å². The summed E-state index contributed by atoms with van der Waals surface area (Å²) in [5.74, 6) is -0.146. The van der Waals surface area contributed by atoms with Gasteiger partial charge in [-0.25, -0.2) is 0 Å². The van der Waals surface area contributed by atoms with Crippen LogP contribution in [0.3, 0.4) is 0 Å². The van der Waals surface area contributed by atoms with Crippen LogP contribution in [0.1, 0.15) is 5.56 Å². The Morgan fingerprint density at radius 3 is 1.41 bits per heavy atom. The Hall–Kier alpha value is -3.55. The number of hydrogen-bond acceptors (Lipinski definition) is 3. The number of carbonyl (C=O) groups excluding carboxylic acids is 1. The fraction of sp³-hybridized carbons (Fsp3) is 0.0606. The van der Waals surface area contributed by atoms with Gasteiger partial charge >= 0.3 is 0 Å². The first-order chi connectivity index (χ1) is 19.0. The second kappa shape index (κ2) is 12.1. The molecule has 1 N–H and O–H groups in total. The number of carbonyl (C=O) groups is 1. The SMILES string of the molecule is O=C(CP(=S)(c1ccccc1)c1ccccc1)Nc1ccccc1CP(=O)(c1ccccc1)c1ccccc1. The highest BCUT2D eigenvalue weighted by Gasteiger charge is 2.30. The van der Waals surface area contributed by atoms with Crippen LogP contribution in [0.5, 0.6) is 0 Å². The smallest absolute Gasteiger partial charge is 0.230 e. The van der Waals surface area contributed by atoms with E-state index in [1.54, 1.807) is 0 Å². The molecule has 0 spiro atoms. The van der Waals surface area contributed by atoms with Crippen LogP contribution in [-0.4, -0.2) is 12.1 Å². The van der Waals surface area contributed by atoms with Crippen molar-refractivity contribution in [3.8, 4) is 0 Å². The van der Waals surface area contributed by atoms with E-state index < -0.39 is 13.2 Å². The van der Waals surface area contributed by atoms with Gasteiger partial charge in [-0.2, -0.15) is 0 Å². The Morgan fingerprint density at radius 2 is 0.949 bits per heavy atom. The zero-order valence-corrected chi connectivity index (χ0v) is 24.0. The maximum atomic E-state index is 14.7. The van der Waals surface area contributed by atoms with Crippen molar-refractivity contribution in [2.45, 2.75) is 6.16 Å². The molecule has 0 aliphatic heterocycles. The molecule has 5 aromatic carbocycles. The van der Waals surface area contributed by atoms with E-state index in [2.05, 4.69) is 5.32 Å². The third kappa shape index (κ3) is 6.05. The van der Waals surface area contributed by atoms with Crippen LogP contribution in [0, 0.1) is 0 Å². The lowest BCUT2D eigenvalue weighted by atomic mass is 10.2. The normalized spacial score (nSPS) is 11.6. The van der Waals surface area contributed by atoms with E-state index in [9.17, 15) is 9.36 Å². The molecule has 6 heteroatoms. The topological polar surface area (TPSA) is 46.2 Å². The lowest BCUT2D eigenvalue weighted by molar-refractivity contribution is -0.113. The van der Waals surface area contributed by atoms with Crippen molar-refractivity contribution in [2.24, 2.45) is 0 Å². The molecule has 194 valence electrons. The van der Waals surface area contributed by atoms with Gasteiger partial charge in [0.25, 0.3) is 0 Å². The number of para-hydroxylation sites is 1. The minimum absolute atomic E-state index is 0.146. The summed E-state index contributed by atoms with van der Waals surface area (Å²) in [4.78, 5) is 13.6. The molecule has 0 aliphatic rings. The molecule has 1 amide bonds. The third-order valence-electron chi connectivity index (χ3n) is 6.74. The molecule has 0 radical (unpaired) electrons. The molecular formula is C33H29NO2P2S. The van der Waals surface area contributed by atoms with Gasteiger partial charge in [-0.1, -0.05) is 151 Å². The van der Waals surface area contributed by atoms with Gasteiger partial charge in [0.2, 0.25) is 5.91 Å². The second-order valence-corrected chi connectivity index (χ2v) is 16.9. The van der Waals surface area contributed by atoms with Crippen LogP contribution in [0.15, 0.2) is 146 Å². The van der Waals surface area contributed by atoms with E-state index in [0.29, 0.717) is 11.8 Å². The predicted octanol–water partition coefficient (Wildman–Crippen LogP) is 6.27. The Bertz CT molecular complexity index is 1560. The lowest BCUT2D eigenvalue weighted by Gasteiger charge is -2.24. The van der Waals surface area contributed by atoms with E-state index in [0.717, 1.165) is 26.8 Å². The van der Waals surface area contributed by atoms with E-state index in [1.807, 2.05) is 146 Å². The Morgan fingerprint density at radius 1 is 0.564 bits per heavy atom. The third-order valence-corrected chi connectivity index (χ3v) is 14.4. The molecule has 0 fully saturated rings. The van der Waals surface area contributed by atoms with E-state index in [4.69, 9.17) is 11.8 Å². The molecule has 0 bridgehead atoms. The van der Waals surface area contributed by atoms with Crippen LogP contribution in [0.4, 0.5) is 5.69 Å². The summed E-state index contributed by atoms with van der Waals surface area (Å²) in [6, 6.07) is 44.3. The van der Waals surface area contributed by atoms with Crippen LogP contribution >= 0.6 is 13.2 Å². The summed E-state index contributed by atoms with van der Waals surface area (Å²) in [6.45, 7) is 0. The highest BCUT2D eigenvalue weighted by Crippen LogP contribution is 2.48. The fourth-order valence-corrected chi connectivity index (χ4v) is 11.0. The molecule has 0 aromatic heterocycles. The summed E-state index contributed by atoms with van der Waals surface area (Å²) in [7, 11) is -3.02. The first-order valence-electron chi connectivity index (χ1n) is 12.8. The molecule has 0 aliphatic carbocycles. The number of benzene rings is 5. The Kier molecular flexibility index (Phi) is 8.38. The van der Waals surface area contributed by atoms with Crippen LogP contribution in [-0.2, 0) is 27.3 Å². The van der Waals surface area contributed by atoms with Crippen molar-refractivity contribution in [3.05, 3.63) is 151 Å². The van der Waals surface area contributed by atoms with Crippen molar-refractivity contribution in [3.63, 3.8) is 0 Å². The molecule has 0 saturated carbocycles. The lowest BCUT2D eigenvalue weighted by Crippen LogP contribution is -2.26. The van der Waals surface area contributed by atoms with Gasteiger partial charge in [0.05, 0.1) is 6.16 Å². The van der Waals surface area contributed by atoms with Crippen molar-refractivity contribution in [2.75, 3.05) is 11.5 Å². The molecule has 0 saturated heterocycles.